The number of nitrogens with zero attached hydrogens (tertiary/aromatic N) is 2. The molecule has 0 aliphatic rings. The van der Waals surface area contributed by atoms with Crippen molar-refractivity contribution in [1.29, 1.82) is 0 Å². The molecular formula is C10H18N6O. The summed E-state index contributed by atoms with van der Waals surface area (Å²) in [7, 11) is 0. The predicted molar refractivity (Wildman–Crippen MR) is 66.3 cm³/mol. The highest BCUT2D eigenvalue weighted by molar-refractivity contribution is 5.84. The van der Waals surface area contributed by atoms with E-state index in [0.29, 0.717) is 18.3 Å². The second kappa shape index (κ2) is 6.00. The lowest BCUT2D eigenvalue weighted by Crippen LogP contribution is -2.37. The zero-order chi connectivity index (χ0) is 12.8. The van der Waals surface area contributed by atoms with E-state index in [-0.39, 0.29) is 11.9 Å². The van der Waals surface area contributed by atoms with Crippen LogP contribution in [0.3, 0.4) is 0 Å². The Balaban J connectivity index is 2.76. The molecule has 1 rings (SSSR count). The molecule has 7 heteroatoms. The normalized spacial score (nSPS) is 11.8. The van der Waals surface area contributed by atoms with Crippen LogP contribution in [0.5, 0.6) is 0 Å². The standard InChI is InChI=1S/C10H18N6O/c1-4-12-9(17)7(3)14-8-6(2)5-13-10(15-8)16-11/h5,7H,4,11H2,1-3H3,(H,12,17)(H2,13,14,15,16). The minimum absolute atomic E-state index is 0.0761. The molecule has 0 spiro atoms. The van der Waals surface area contributed by atoms with Crippen molar-refractivity contribution in [3.05, 3.63) is 11.8 Å². The highest BCUT2D eigenvalue weighted by atomic mass is 16.2. The average Bonchev–Trinajstić information content (AvgIpc) is 2.32. The highest BCUT2D eigenvalue weighted by Gasteiger charge is 2.13. The molecule has 7 nitrogen and oxygen atoms in total. The second-order valence-corrected chi connectivity index (χ2v) is 3.63. The molecule has 1 heterocycles. The molecule has 0 aliphatic heterocycles. The van der Waals surface area contributed by atoms with Gasteiger partial charge in [0.05, 0.1) is 0 Å². The van der Waals surface area contributed by atoms with Crippen LogP contribution in [0, 0.1) is 6.92 Å². The van der Waals surface area contributed by atoms with Crippen LogP contribution in [0.1, 0.15) is 19.4 Å². The van der Waals surface area contributed by atoms with Gasteiger partial charge in [-0.1, -0.05) is 0 Å². The number of nitrogen functional groups attached to an aromatic ring is 1. The molecule has 0 radical (unpaired) electrons. The molecule has 1 aromatic heterocycles. The Hall–Kier alpha value is -1.89. The number of amides is 1. The van der Waals surface area contributed by atoms with E-state index in [1.807, 2.05) is 13.8 Å². The fraction of sp³-hybridized carbons (Fsp3) is 0.500. The van der Waals surface area contributed by atoms with Gasteiger partial charge in [-0.25, -0.2) is 10.8 Å². The number of nitrogens with two attached hydrogens (primary N) is 1. The number of anilines is 2. The molecule has 17 heavy (non-hydrogen) atoms. The fourth-order valence-electron chi connectivity index (χ4n) is 1.26. The Bertz CT molecular complexity index is 394. The molecule has 0 aromatic carbocycles. The topological polar surface area (TPSA) is 105 Å². The summed E-state index contributed by atoms with van der Waals surface area (Å²) < 4.78 is 0. The minimum Gasteiger partial charge on any atom is -0.358 e. The van der Waals surface area contributed by atoms with Crippen molar-refractivity contribution in [3.63, 3.8) is 0 Å². The summed E-state index contributed by atoms with van der Waals surface area (Å²) in [5.74, 6) is 6.05. The molecule has 1 atom stereocenters. The molecule has 0 saturated heterocycles. The lowest BCUT2D eigenvalue weighted by atomic mass is 10.2. The molecule has 94 valence electrons. The largest absolute Gasteiger partial charge is 0.358 e. The maximum Gasteiger partial charge on any atom is 0.242 e. The van der Waals surface area contributed by atoms with Gasteiger partial charge in [0.25, 0.3) is 0 Å². The third-order valence-corrected chi connectivity index (χ3v) is 2.20. The third kappa shape index (κ3) is 3.56. The zero-order valence-corrected chi connectivity index (χ0v) is 10.2. The highest BCUT2D eigenvalue weighted by Crippen LogP contribution is 2.12. The first kappa shape index (κ1) is 13.2. The van der Waals surface area contributed by atoms with Crippen molar-refractivity contribution >= 4 is 17.7 Å². The summed E-state index contributed by atoms with van der Waals surface area (Å²) in [6.45, 7) is 6.09. The molecule has 0 bridgehead atoms. The number of hydrogen-bond acceptors (Lipinski definition) is 6. The Kier molecular flexibility index (Phi) is 4.65. The van der Waals surface area contributed by atoms with Gasteiger partial charge in [-0.3, -0.25) is 10.2 Å². The number of aromatic nitrogens is 2. The number of aryl methyl sites for hydroxylation is 1. The van der Waals surface area contributed by atoms with Gasteiger partial charge in [-0.05, 0) is 20.8 Å². The van der Waals surface area contributed by atoms with Crippen LogP contribution >= 0.6 is 0 Å². The summed E-state index contributed by atoms with van der Waals surface area (Å²) in [6, 6.07) is -0.367. The summed E-state index contributed by atoms with van der Waals surface area (Å²) in [6.07, 6.45) is 1.63. The molecule has 1 unspecified atom stereocenters. The summed E-state index contributed by atoms with van der Waals surface area (Å²) in [5, 5.41) is 5.74. The Morgan fingerprint density at radius 1 is 1.59 bits per heavy atom. The van der Waals surface area contributed by atoms with Gasteiger partial charge in [-0.2, -0.15) is 4.98 Å². The van der Waals surface area contributed by atoms with Crippen molar-refractivity contribution in [2.75, 3.05) is 17.3 Å². The van der Waals surface area contributed by atoms with Crippen LogP contribution in [0.25, 0.3) is 0 Å². The van der Waals surface area contributed by atoms with Gasteiger partial charge in [0.2, 0.25) is 11.9 Å². The zero-order valence-electron chi connectivity index (χ0n) is 10.2. The average molecular weight is 238 g/mol. The van der Waals surface area contributed by atoms with Crippen LogP contribution in [0.2, 0.25) is 0 Å². The van der Waals surface area contributed by atoms with Gasteiger partial charge < -0.3 is 10.6 Å². The predicted octanol–water partition coefficient (Wildman–Crippen LogP) is 0.00712. The van der Waals surface area contributed by atoms with Crippen molar-refractivity contribution in [1.82, 2.24) is 15.3 Å². The quantitative estimate of drug-likeness (QED) is 0.425. The molecule has 5 N–H and O–H groups in total. The monoisotopic (exact) mass is 238 g/mol. The number of rotatable bonds is 5. The molecule has 1 amide bonds. The maximum absolute atomic E-state index is 11.6. The van der Waals surface area contributed by atoms with E-state index in [9.17, 15) is 4.79 Å². The first-order chi connectivity index (χ1) is 8.08. The van der Waals surface area contributed by atoms with Crippen molar-refractivity contribution < 1.29 is 4.79 Å². The molecular weight excluding hydrogens is 220 g/mol. The fourth-order valence-corrected chi connectivity index (χ4v) is 1.26. The lowest BCUT2D eigenvalue weighted by Gasteiger charge is -2.15. The van der Waals surface area contributed by atoms with Crippen molar-refractivity contribution in [2.45, 2.75) is 26.8 Å². The van der Waals surface area contributed by atoms with Crippen LogP contribution < -0.4 is 21.9 Å². The summed E-state index contributed by atoms with van der Waals surface area (Å²) >= 11 is 0. The van der Waals surface area contributed by atoms with Gasteiger partial charge in [0.15, 0.2) is 0 Å². The molecule has 0 saturated carbocycles. The van der Waals surface area contributed by atoms with E-state index < -0.39 is 0 Å². The van der Waals surface area contributed by atoms with E-state index >= 15 is 0 Å². The van der Waals surface area contributed by atoms with E-state index in [4.69, 9.17) is 5.84 Å². The number of carbonyl (C=O) groups is 1. The first-order valence-corrected chi connectivity index (χ1v) is 5.43. The molecule has 0 aliphatic carbocycles. The summed E-state index contributed by atoms with van der Waals surface area (Å²) in [5.41, 5.74) is 3.21. The maximum atomic E-state index is 11.6. The van der Waals surface area contributed by atoms with Crippen LogP contribution in [0.15, 0.2) is 6.20 Å². The van der Waals surface area contributed by atoms with Crippen LogP contribution in [0.4, 0.5) is 11.8 Å². The second-order valence-electron chi connectivity index (χ2n) is 3.63. The van der Waals surface area contributed by atoms with Crippen LogP contribution in [-0.2, 0) is 4.79 Å². The van der Waals surface area contributed by atoms with Crippen molar-refractivity contribution in [2.24, 2.45) is 5.84 Å². The smallest absolute Gasteiger partial charge is 0.242 e. The van der Waals surface area contributed by atoms with Crippen LogP contribution in [-0.4, -0.2) is 28.5 Å². The van der Waals surface area contributed by atoms with Gasteiger partial charge in [-0.15, -0.1) is 0 Å². The van der Waals surface area contributed by atoms with Gasteiger partial charge in [0, 0.05) is 18.3 Å². The third-order valence-electron chi connectivity index (χ3n) is 2.20. The first-order valence-electron chi connectivity index (χ1n) is 5.43. The minimum atomic E-state index is -0.367. The molecule has 0 fully saturated rings. The number of nitrogens with one attached hydrogen (secondary N) is 3. The van der Waals surface area contributed by atoms with E-state index in [1.165, 1.54) is 0 Å². The van der Waals surface area contributed by atoms with Gasteiger partial charge in [0.1, 0.15) is 11.9 Å². The number of carbonyl (C=O) groups excluding carboxylic acids is 1. The number of hydrogen-bond donors (Lipinski definition) is 4. The SMILES string of the molecule is CCNC(=O)C(C)Nc1nc(NN)ncc1C. The Morgan fingerprint density at radius 3 is 2.88 bits per heavy atom. The Morgan fingerprint density at radius 2 is 2.29 bits per heavy atom. The molecule has 1 aromatic rings. The number of likely N-dealkylation sites (N-methyl/N-ethyl adjacent to an activating group) is 1. The Labute approximate surface area is 100 Å². The van der Waals surface area contributed by atoms with Crippen molar-refractivity contribution in [3.8, 4) is 0 Å². The summed E-state index contributed by atoms with van der Waals surface area (Å²) in [4.78, 5) is 19.6. The lowest BCUT2D eigenvalue weighted by molar-refractivity contribution is -0.121. The van der Waals surface area contributed by atoms with Gasteiger partial charge >= 0.3 is 0 Å². The van der Waals surface area contributed by atoms with E-state index in [1.54, 1.807) is 13.1 Å². The van der Waals surface area contributed by atoms with E-state index in [2.05, 4.69) is 26.0 Å². The van der Waals surface area contributed by atoms with E-state index in [0.717, 1.165) is 5.56 Å². The number of hydrazine groups is 1.